The van der Waals surface area contributed by atoms with Gasteiger partial charge in [-0.25, -0.2) is 13.4 Å². The molecule has 0 spiro atoms. The van der Waals surface area contributed by atoms with Crippen LogP contribution in [0.15, 0.2) is 34.5 Å². The largest absolute Gasteiger partial charge is 0.241 e. The Bertz CT molecular complexity index is 597. The molecule has 1 aromatic heterocycles. The molecule has 0 radical (unpaired) electrons. The van der Waals surface area contributed by atoms with Crippen LogP contribution in [0, 0.1) is 6.92 Å². The average molecular weight is 253 g/mol. The van der Waals surface area contributed by atoms with Crippen LogP contribution in [-0.2, 0) is 9.84 Å². The van der Waals surface area contributed by atoms with Gasteiger partial charge < -0.3 is 0 Å². The zero-order chi connectivity index (χ0) is 11.8. The summed E-state index contributed by atoms with van der Waals surface area (Å²) in [5.41, 5.74) is 1.93. The summed E-state index contributed by atoms with van der Waals surface area (Å²) in [5, 5.41) is 2.89. The van der Waals surface area contributed by atoms with Gasteiger partial charge in [-0.15, -0.1) is 11.3 Å². The van der Waals surface area contributed by atoms with Crippen molar-refractivity contribution < 1.29 is 8.42 Å². The Kier molecular flexibility index (Phi) is 2.82. The standard InChI is InChI=1S/C11H11NO2S2/c1-8-7-15-11(12-8)9-3-5-10(6-4-9)16(2,13)14/h3-7H,1-2H3. The van der Waals surface area contributed by atoms with Gasteiger partial charge in [0.05, 0.1) is 4.90 Å². The number of aryl methyl sites for hydroxylation is 1. The number of sulfone groups is 1. The van der Waals surface area contributed by atoms with Crippen molar-refractivity contribution in [3.05, 3.63) is 35.3 Å². The second kappa shape index (κ2) is 3.99. The monoisotopic (exact) mass is 253 g/mol. The summed E-state index contributed by atoms with van der Waals surface area (Å²) >= 11 is 1.56. The Morgan fingerprint density at radius 1 is 1.19 bits per heavy atom. The smallest absolute Gasteiger partial charge is 0.175 e. The molecule has 0 aliphatic rings. The number of rotatable bonds is 2. The van der Waals surface area contributed by atoms with Crippen LogP contribution in [-0.4, -0.2) is 19.7 Å². The fraction of sp³-hybridized carbons (Fsp3) is 0.182. The number of hydrogen-bond acceptors (Lipinski definition) is 4. The summed E-state index contributed by atoms with van der Waals surface area (Å²) in [6.45, 7) is 1.94. The lowest BCUT2D eigenvalue weighted by atomic mass is 10.2. The third-order valence-corrected chi connectivity index (χ3v) is 4.29. The van der Waals surface area contributed by atoms with Gasteiger partial charge in [0.15, 0.2) is 9.84 Å². The maximum Gasteiger partial charge on any atom is 0.175 e. The Morgan fingerprint density at radius 2 is 1.81 bits per heavy atom. The molecule has 2 rings (SSSR count). The number of thiazole rings is 1. The molecule has 0 aliphatic carbocycles. The third-order valence-electron chi connectivity index (χ3n) is 2.15. The lowest BCUT2D eigenvalue weighted by Gasteiger charge is -1.99. The molecule has 0 unspecified atom stereocenters. The third kappa shape index (κ3) is 2.31. The number of benzene rings is 1. The maximum absolute atomic E-state index is 11.3. The van der Waals surface area contributed by atoms with Crippen molar-refractivity contribution in [2.45, 2.75) is 11.8 Å². The van der Waals surface area contributed by atoms with Gasteiger partial charge in [0.25, 0.3) is 0 Å². The Hall–Kier alpha value is -1.20. The van der Waals surface area contributed by atoms with Crippen LogP contribution in [0.3, 0.4) is 0 Å². The van der Waals surface area contributed by atoms with Gasteiger partial charge in [-0.1, -0.05) is 12.1 Å². The summed E-state index contributed by atoms with van der Waals surface area (Å²) in [5.74, 6) is 0. The summed E-state index contributed by atoms with van der Waals surface area (Å²) < 4.78 is 22.5. The van der Waals surface area contributed by atoms with Gasteiger partial charge in [0, 0.05) is 22.9 Å². The molecule has 0 atom stereocenters. The molecule has 0 saturated heterocycles. The highest BCUT2D eigenvalue weighted by Crippen LogP contribution is 2.24. The van der Waals surface area contributed by atoms with Crippen molar-refractivity contribution >= 4 is 21.2 Å². The van der Waals surface area contributed by atoms with Gasteiger partial charge in [0.2, 0.25) is 0 Å². The van der Waals surface area contributed by atoms with E-state index in [9.17, 15) is 8.42 Å². The van der Waals surface area contributed by atoms with E-state index in [0.717, 1.165) is 16.3 Å². The molecule has 5 heteroatoms. The van der Waals surface area contributed by atoms with Crippen LogP contribution in [0.2, 0.25) is 0 Å². The fourth-order valence-electron chi connectivity index (χ4n) is 1.33. The van der Waals surface area contributed by atoms with Crippen LogP contribution in [0.25, 0.3) is 10.6 Å². The molecule has 0 N–H and O–H groups in total. The topological polar surface area (TPSA) is 47.0 Å². The molecular formula is C11H11NO2S2. The molecule has 84 valence electrons. The number of aromatic nitrogens is 1. The number of hydrogen-bond donors (Lipinski definition) is 0. The molecule has 16 heavy (non-hydrogen) atoms. The summed E-state index contributed by atoms with van der Waals surface area (Å²) in [7, 11) is -3.11. The van der Waals surface area contributed by atoms with E-state index in [1.54, 1.807) is 35.6 Å². The highest BCUT2D eigenvalue weighted by atomic mass is 32.2. The molecule has 3 nitrogen and oxygen atoms in total. The van der Waals surface area contributed by atoms with E-state index >= 15 is 0 Å². The molecule has 1 heterocycles. The van der Waals surface area contributed by atoms with E-state index in [2.05, 4.69) is 4.98 Å². The van der Waals surface area contributed by atoms with Crippen LogP contribution in [0.5, 0.6) is 0 Å². The first-order chi connectivity index (χ1) is 7.47. The van der Waals surface area contributed by atoms with E-state index in [4.69, 9.17) is 0 Å². The zero-order valence-electron chi connectivity index (χ0n) is 8.97. The molecule has 0 aliphatic heterocycles. The van der Waals surface area contributed by atoms with Crippen molar-refractivity contribution in [2.75, 3.05) is 6.26 Å². The predicted octanol–water partition coefficient (Wildman–Crippen LogP) is 2.52. The van der Waals surface area contributed by atoms with Crippen LogP contribution in [0.1, 0.15) is 5.69 Å². The quantitative estimate of drug-likeness (QED) is 0.826. The van der Waals surface area contributed by atoms with Crippen LogP contribution < -0.4 is 0 Å². The lowest BCUT2D eigenvalue weighted by Crippen LogP contribution is -1.96. The normalized spacial score (nSPS) is 11.6. The zero-order valence-corrected chi connectivity index (χ0v) is 10.6. The van der Waals surface area contributed by atoms with Crippen molar-refractivity contribution in [1.82, 2.24) is 4.98 Å². The van der Waals surface area contributed by atoms with Gasteiger partial charge >= 0.3 is 0 Å². The first kappa shape index (κ1) is 11.3. The summed E-state index contributed by atoms with van der Waals surface area (Å²) in [4.78, 5) is 4.68. The lowest BCUT2D eigenvalue weighted by molar-refractivity contribution is 0.602. The van der Waals surface area contributed by atoms with E-state index in [0.29, 0.717) is 4.90 Å². The minimum absolute atomic E-state index is 0.338. The Balaban J connectivity index is 2.40. The van der Waals surface area contributed by atoms with Gasteiger partial charge in [-0.2, -0.15) is 0 Å². The fourth-order valence-corrected chi connectivity index (χ4v) is 2.77. The highest BCUT2D eigenvalue weighted by Gasteiger charge is 2.08. The first-order valence-electron chi connectivity index (χ1n) is 4.69. The van der Waals surface area contributed by atoms with E-state index in [1.165, 1.54) is 6.26 Å². The highest BCUT2D eigenvalue weighted by molar-refractivity contribution is 7.90. The molecule has 0 amide bonds. The second-order valence-corrected chi connectivity index (χ2v) is 6.46. The minimum atomic E-state index is -3.11. The van der Waals surface area contributed by atoms with Gasteiger partial charge in [0.1, 0.15) is 5.01 Å². The van der Waals surface area contributed by atoms with Gasteiger partial charge in [-0.3, -0.25) is 0 Å². The molecule has 0 saturated carbocycles. The van der Waals surface area contributed by atoms with Crippen LogP contribution in [0.4, 0.5) is 0 Å². The van der Waals surface area contributed by atoms with E-state index < -0.39 is 9.84 Å². The van der Waals surface area contributed by atoms with Crippen molar-refractivity contribution in [1.29, 1.82) is 0 Å². The van der Waals surface area contributed by atoms with E-state index in [1.807, 2.05) is 12.3 Å². The van der Waals surface area contributed by atoms with Crippen LogP contribution >= 0.6 is 11.3 Å². The molecule has 2 aromatic rings. The summed E-state index contributed by atoms with van der Waals surface area (Å²) in [6, 6.07) is 6.80. The van der Waals surface area contributed by atoms with Crippen molar-refractivity contribution in [3.8, 4) is 10.6 Å². The van der Waals surface area contributed by atoms with E-state index in [-0.39, 0.29) is 0 Å². The molecule has 1 aromatic carbocycles. The predicted molar refractivity (Wildman–Crippen MR) is 65.4 cm³/mol. The maximum atomic E-state index is 11.3. The number of nitrogens with zero attached hydrogens (tertiary/aromatic N) is 1. The van der Waals surface area contributed by atoms with Gasteiger partial charge in [-0.05, 0) is 19.1 Å². The molecular weight excluding hydrogens is 242 g/mol. The van der Waals surface area contributed by atoms with Crippen molar-refractivity contribution in [2.24, 2.45) is 0 Å². The molecule has 0 fully saturated rings. The SMILES string of the molecule is Cc1csc(-c2ccc(S(C)(=O)=O)cc2)n1. The minimum Gasteiger partial charge on any atom is -0.241 e. The first-order valence-corrected chi connectivity index (χ1v) is 7.46. The second-order valence-electron chi connectivity index (χ2n) is 3.59. The Morgan fingerprint density at radius 3 is 2.25 bits per heavy atom. The Labute approximate surface area is 98.7 Å². The summed E-state index contributed by atoms with van der Waals surface area (Å²) in [6.07, 6.45) is 1.20. The van der Waals surface area contributed by atoms with Crippen molar-refractivity contribution in [3.63, 3.8) is 0 Å². The molecule has 0 bridgehead atoms. The average Bonchev–Trinajstić information content (AvgIpc) is 2.64.